The van der Waals surface area contributed by atoms with Crippen LogP contribution >= 0.6 is 0 Å². The van der Waals surface area contributed by atoms with E-state index in [1.54, 1.807) is 4.90 Å². The first kappa shape index (κ1) is 15.8. The molecule has 2 aliphatic rings. The van der Waals surface area contributed by atoms with Gasteiger partial charge in [0.2, 0.25) is 11.7 Å². The second kappa shape index (κ2) is 6.66. The highest BCUT2D eigenvalue weighted by atomic mass is 16.2. The third kappa shape index (κ3) is 3.14. The first-order valence-corrected chi connectivity index (χ1v) is 8.72. The molecule has 1 fully saturated rings. The molecular weight excluding hydrogens is 318 g/mol. The van der Waals surface area contributed by atoms with E-state index in [2.05, 4.69) is 39.4 Å². The van der Waals surface area contributed by atoms with Crippen LogP contribution in [0, 0.1) is 0 Å². The van der Waals surface area contributed by atoms with Crippen molar-refractivity contribution in [3.8, 4) is 0 Å². The van der Waals surface area contributed by atoms with Crippen LogP contribution in [0.4, 0.5) is 0 Å². The second-order valence-corrected chi connectivity index (χ2v) is 6.65. The van der Waals surface area contributed by atoms with Crippen molar-refractivity contribution in [2.24, 2.45) is 0 Å². The van der Waals surface area contributed by atoms with Gasteiger partial charge in [-0.05, 0) is 29.9 Å². The lowest BCUT2D eigenvalue weighted by molar-refractivity contribution is -0.133. The number of nitrogens with zero attached hydrogens (tertiary/aromatic N) is 4. The molecule has 1 atom stereocenters. The summed E-state index contributed by atoms with van der Waals surface area (Å²) in [6.07, 6.45) is 4.00. The number of piperazine rings is 1. The van der Waals surface area contributed by atoms with Crippen LogP contribution in [0.1, 0.15) is 40.5 Å². The van der Waals surface area contributed by atoms with Crippen LogP contribution in [-0.2, 0) is 11.2 Å². The minimum Gasteiger partial charge on any atom is -0.339 e. The van der Waals surface area contributed by atoms with Crippen molar-refractivity contribution in [1.29, 1.82) is 0 Å². The number of hydrogen-bond donors (Lipinski definition) is 1. The number of aromatic amines is 1. The number of amides is 2. The number of aromatic nitrogens is 3. The quantitative estimate of drug-likeness (QED) is 0.911. The van der Waals surface area contributed by atoms with Gasteiger partial charge < -0.3 is 9.80 Å². The van der Waals surface area contributed by atoms with Gasteiger partial charge in [-0.3, -0.25) is 14.7 Å². The molecule has 0 bridgehead atoms. The summed E-state index contributed by atoms with van der Waals surface area (Å²) in [5.74, 6) is 0.614. The lowest BCUT2D eigenvalue weighted by Gasteiger charge is -2.34. The van der Waals surface area contributed by atoms with Crippen molar-refractivity contribution in [2.45, 2.75) is 25.2 Å². The van der Waals surface area contributed by atoms with Gasteiger partial charge >= 0.3 is 0 Å². The first-order valence-electron chi connectivity index (χ1n) is 8.72. The fraction of sp³-hybridized carbons (Fsp3) is 0.444. The minimum atomic E-state index is -0.158. The highest BCUT2D eigenvalue weighted by Crippen LogP contribution is 2.35. The number of aryl methyl sites for hydroxylation is 1. The summed E-state index contributed by atoms with van der Waals surface area (Å²) < 4.78 is 0. The molecule has 1 aliphatic heterocycles. The summed E-state index contributed by atoms with van der Waals surface area (Å²) in [4.78, 5) is 32.4. The predicted octanol–water partition coefficient (Wildman–Crippen LogP) is 1.21. The molecule has 7 heteroatoms. The Bertz CT molecular complexity index is 766. The largest absolute Gasteiger partial charge is 0.339 e. The minimum absolute atomic E-state index is 0.158. The van der Waals surface area contributed by atoms with Crippen LogP contribution in [0.2, 0.25) is 0 Å². The smallest absolute Gasteiger partial charge is 0.291 e. The maximum atomic E-state index is 12.7. The molecule has 25 heavy (non-hydrogen) atoms. The fourth-order valence-corrected chi connectivity index (χ4v) is 3.81. The molecule has 1 aromatic carbocycles. The molecule has 1 N–H and O–H groups in total. The van der Waals surface area contributed by atoms with Gasteiger partial charge in [0.05, 0.1) is 0 Å². The molecule has 130 valence electrons. The van der Waals surface area contributed by atoms with Crippen LogP contribution in [0.3, 0.4) is 0 Å². The van der Waals surface area contributed by atoms with E-state index in [1.807, 2.05) is 4.90 Å². The lowest BCUT2D eigenvalue weighted by atomic mass is 9.97. The van der Waals surface area contributed by atoms with Crippen molar-refractivity contribution in [2.75, 3.05) is 26.2 Å². The van der Waals surface area contributed by atoms with Gasteiger partial charge in [-0.2, -0.15) is 5.10 Å². The van der Waals surface area contributed by atoms with E-state index in [0.29, 0.717) is 38.5 Å². The normalized spacial score (nSPS) is 19.8. The number of benzene rings is 1. The fourth-order valence-electron chi connectivity index (χ4n) is 3.81. The van der Waals surface area contributed by atoms with Crippen LogP contribution in [-0.4, -0.2) is 63.0 Å². The van der Waals surface area contributed by atoms with Crippen molar-refractivity contribution < 1.29 is 9.59 Å². The predicted molar refractivity (Wildman–Crippen MR) is 91.0 cm³/mol. The Labute approximate surface area is 146 Å². The SMILES string of the molecule is O=C(CC1CCc2ccccc21)N1CCN(C(=O)c2ncn[nH]2)CC1. The number of fused-ring (bicyclic) bond motifs is 1. The Hall–Kier alpha value is -2.70. The van der Waals surface area contributed by atoms with Crippen molar-refractivity contribution in [3.05, 3.63) is 47.5 Å². The maximum Gasteiger partial charge on any atom is 0.291 e. The molecular formula is C18H21N5O2. The Morgan fingerprint density at radius 2 is 1.88 bits per heavy atom. The summed E-state index contributed by atoms with van der Waals surface area (Å²) in [5, 5.41) is 6.30. The lowest BCUT2D eigenvalue weighted by Crippen LogP contribution is -2.51. The number of rotatable bonds is 3. The molecule has 0 saturated carbocycles. The molecule has 1 saturated heterocycles. The first-order chi connectivity index (χ1) is 12.2. The van der Waals surface area contributed by atoms with Crippen LogP contribution < -0.4 is 0 Å². The average Bonchev–Trinajstić information content (AvgIpc) is 3.32. The second-order valence-electron chi connectivity index (χ2n) is 6.65. The zero-order valence-electron chi connectivity index (χ0n) is 14.0. The van der Waals surface area contributed by atoms with Gasteiger partial charge in [0.25, 0.3) is 5.91 Å². The molecule has 2 heterocycles. The Morgan fingerprint density at radius 3 is 2.64 bits per heavy atom. The van der Waals surface area contributed by atoms with Gasteiger partial charge in [-0.15, -0.1) is 0 Å². The number of carbonyl (C=O) groups is 2. The van der Waals surface area contributed by atoms with Gasteiger partial charge in [-0.25, -0.2) is 4.98 Å². The molecule has 1 unspecified atom stereocenters. The van der Waals surface area contributed by atoms with Gasteiger partial charge in [0, 0.05) is 32.6 Å². The van der Waals surface area contributed by atoms with E-state index < -0.39 is 0 Å². The molecule has 4 rings (SSSR count). The van der Waals surface area contributed by atoms with E-state index in [0.717, 1.165) is 12.8 Å². The molecule has 2 amide bonds. The number of H-pyrrole nitrogens is 1. The van der Waals surface area contributed by atoms with E-state index in [9.17, 15) is 9.59 Å². The number of carbonyl (C=O) groups excluding carboxylic acids is 2. The van der Waals surface area contributed by atoms with Crippen molar-refractivity contribution in [3.63, 3.8) is 0 Å². The third-order valence-corrected chi connectivity index (χ3v) is 5.22. The summed E-state index contributed by atoms with van der Waals surface area (Å²) >= 11 is 0. The van der Waals surface area contributed by atoms with Crippen molar-refractivity contribution in [1.82, 2.24) is 25.0 Å². The van der Waals surface area contributed by atoms with Crippen LogP contribution in [0.5, 0.6) is 0 Å². The molecule has 0 spiro atoms. The topological polar surface area (TPSA) is 82.2 Å². The zero-order valence-corrected chi connectivity index (χ0v) is 14.0. The Morgan fingerprint density at radius 1 is 1.12 bits per heavy atom. The monoisotopic (exact) mass is 339 g/mol. The molecule has 2 aromatic rings. The summed E-state index contributed by atoms with van der Waals surface area (Å²) in [5.41, 5.74) is 2.71. The maximum absolute atomic E-state index is 12.7. The van der Waals surface area contributed by atoms with Gasteiger partial charge in [0.1, 0.15) is 6.33 Å². The highest BCUT2D eigenvalue weighted by Gasteiger charge is 2.29. The number of hydrogen-bond acceptors (Lipinski definition) is 4. The standard InChI is InChI=1S/C18H21N5O2/c24-16(11-14-6-5-13-3-1-2-4-15(13)14)22-7-9-23(10-8-22)18(25)17-19-12-20-21-17/h1-4,12,14H,5-11H2,(H,19,20,21). The van der Waals surface area contributed by atoms with E-state index >= 15 is 0 Å². The molecule has 1 aromatic heterocycles. The summed E-state index contributed by atoms with van der Waals surface area (Å²) in [6, 6.07) is 8.42. The van der Waals surface area contributed by atoms with E-state index in [1.165, 1.54) is 17.5 Å². The summed E-state index contributed by atoms with van der Waals surface area (Å²) in [6.45, 7) is 2.22. The van der Waals surface area contributed by atoms with E-state index in [4.69, 9.17) is 0 Å². The average molecular weight is 339 g/mol. The van der Waals surface area contributed by atoms with E-state index in [-0.39, 0.29) is 17.6 Å². The summed E-state index contributed by atoms with van der Waals surface area (Å²) in [7, 11) is 0. The molecule has 7 nitrogen and oxygen atoms in total. The molecule has 1 aliphatic carbocycles. The zero-order chi connectivity index (χ0) is 17.2. The van der Waals surface area contributed by atoms with Gasteiger partial charge in [-0.1, -0.05) is 24.3 Å². The Balaban J connectivity index is 1.32. The third-order valence-electron chi connectivity index (χ3n) is 5.22. The van der Waals surface area contributed by atoms with Gasteiger partial charge in [0.15, 0.2) is 0 Å². The van der Waals surface area contributed by atoms with Crippen LogP contribution in [0.25, 0.3) is 0 Å². The van der Waals surface area contributed by atoms with Crippen molar-refractivity contribution >= 4 is 11.8 Å². The highest BCUT2D eigenvalue weighted by molar-refractivity contribution is 5.90. The number of nitrogens with one attached hydrogen (secondary N) is 1. The molecule has 0 radical (unpaired) electrons. The van der Waals surface area contributed by atoms with Crippen LogP contribution in [0.15, 0.2) is 30.6 Å². The Kier molecular flexibility index (Phi) is 4.21.